The summed E-state index contributed by atoms with van der Waals surface area (Å²) in [5.41, 5.74) is 4.52. The number of amides is 1. The van der Waals surface area contributed by atoms with Crippen LogP contribution in [0.3, 0.4) is 0 Å². The van der Waals surface area contributed by atoms with E-state index in [4.69, 9.17) is 5.73 Å². The summed E-state index contributed by atoms with van der Waals surface area (Å²) >= 11 is 0. The molecule has 3 N–H and O–H groups in total. The van der Waals surface area contributed by atoms with E-state index in [-0.39, 0.29) is 6.04 Å². The average molecular weight is 379 g/mol. The molecule has 0 aliphatic carbocycles. The van der Waals surface area contributed by atoms with Crippen molar-refractivity contribution in [2.45, 2.75) is 42.9 Å². The Labute approximate surface area is 144 Å². The van der Waals surface area contributed by atoms with Crippen LogP contribution in [-0.2, 0) is 21.0 Å². The van der Waals surface area contributed by atoms with Gasteiger partial charge in [-0.15, -0.1) is 0 Å². The number of sulfonamides is 1. The van der Waals surface area contributed by atoms with Crippen LogP contribution >= 0.6 is 0 Å². The van der Waals surface area contributed by atoms with Gasteiger partial charge >= 0.3 is 6.18 Å². The smallest absolute Gasteiger partial charge is 0.340 e. The predicted octanol–water partition coefficient (Wildman–Crippen LogP) is 1.32. The molecule has 10 heteroatoms. The van der Waals surface area contributed by atoms with Gasteiger partial charge in [-0.25, -0.2) is 8.42 Å². The Bertz CT molecular complexity index is 737. The van der Waals surface area contributed by atoms with Gasteiger partial charge in [-0.2, -0.15) is 17.9 Å². The maximum atomic E-state index is 13.0. The molecule has 2 unspecified atom stereocenters. The molecule has 1 aliphatic heterocycles. The Kier molecular flexibility index (Phi) is 5.75. The topological polar surface area (TPSA) is 92.5 Å². The fourth-order valence-corrected chi connectivity index (χ4v) is 4.19. The summed E-state index contributed by atoms with van der Waals surface area (Å²) in [5, 5.41) is 0. The van der Waals surface area contributed by atoms with Crippen LogP contribution in [0.4, 0.5) is 13.2 Å². The maximum absolute atomic E-state index is 13.0. The lowest BCUT2D eigenvalue weighted by Crippen LogP contribution is -2.52. The number of hydrogen-bond donors (Lipinski definition) is 2. The largest absolute Gasteiger partial charge is 0.417 e. The first-order valence-electron chi connectivity index (χ1n) is 7.75. The van der Waals surface area contributed by atoms with Gasteiger partial charge in [0.1, 0.15) is 0 Å². The first-order valence-corrected chi connectivity index (χ1v) is 9.23. The van der Waals surface area contributed by atoms with Crippen LogP contribution in [-0.4, -0.2) is 44.4 Å². The minimum Gasteiger partial charge on any atom is -0.340 e. The third-order valence-corrected chi connectivity index (χ3v) is 5.55. The molecule has 1 aromatic rings. The summed E-state index contributed by atoms with van der Waals surface area (Å²) in [6, 6.07) is 2.46. The summed E-state index contributed by atoms with van der Waals surface area (Å²) in [6.07, 6.45) is -3.36. The second-order valence-corrected chi connectivity index (χ2v) is 7.71. The maximum Gasteiger partial charge on any atom is 0.417 e. The lowest BCUT2D eigenvalue weighted by atomic mass is 10.1. The fraction of sp³-hybridized carbons (Fsp3) is 0.533. The lowest BCUT2D eigenvalue weighted by Gasteiger charge is -2.32. The van der Waals surface area contributed by atoms with E-state index in [0.29, 0.717) is 25.6 Å². The zero-order valence-corrected chi connectivity index (χ0v) is 14.4. The molecule has 6 nitrogen and oxygen atoms in total. The van der Waals surface area contributed by atoms with Crippen molar-refractivity contribution >= 4 is 15.9 Å². The highest BCUT2D eigenvalue weighted by Crippen LogP contribution is 2.33. The van der Waals surface area contributed by atoms with Crippen LogP contribution in [0.15, 0.2) is 29.2 Å². The zero-order chi connectivity index (χ0) is 18.8. The SMILES string of the molecule is CC(NS(=O)(=O)c1ccccc1C(F)(F)F)C(=O)N1CCCC(N)C1. The number of benzene rings is 1. The van der Waals surface area contributed by atoms with Gasteiger partial charge in [0.2, 0.25) is 15.9 Å². The van der Waals surface area contributed by atoms with Crippen LogP contribution in [0.1, 0.15) is 25.3 Å². The standard InChI is InChI=1S/C15H20F3N3O3S/c1-10(14(22)21-8-4-5-11(19)9-21)20-25(23,24)13-7-3-2-6-12(13)15(16,17)18/h2-3,6-7,10-11,20H,4-5,8-9,19H2,1H3. The lowest BCUT2D eigenvalue weighted by molar-refractivity contribution is -0.139. The van der Waals surface area contributed by atoms with Gasteiger partial charge in [0.25, 0.3) is 0 Å². The van der Waals surface area contributed by atoms with Gasteiger partial charge in [-0.3, -0.25) is 4.79 Å². The summed E-state index contributed by atoms with van der Waals surface area (Å²) in [4.78, 5) is 12.9. The highest BCUT2D eigenvalue weighted by molar-refractivity contribution is 7.89. The number of nitrogens with zero attached hydrogens (tertiary/aromatic N) is 1. The van der Waals surface area contributed by atoms with Gasteiger partial charge in [0.05, 0.1) is 16.5 Å². The number of halogens is 3. The molecule has 2 atom stereocenters. The molecule has 1 aliphatic rings. The Morgan fingerprint density at radius 2 is 2.00 bits per heavy atom. The first kappa shape index (κ1) is 19.7. The Morgan fingerprint density at radius 3 is 2.60 bits per heavy atom. The van der Waals surface area contributed by atoms with Crippen molar-refractivity contribution < 1.29 is 26.4 Å². The second kappa shape index (κ2) is 7.30. The summed E-state index contributed by atoms with van der Waals surface area (Å²) in [6.45, 7) is 2.04. The molecule has 0 spiro atoms. The molecule has 2 rings (SSSR count). The third kappa shape index (κ3) is 4.71. The van der Waals surface area contributed by atoms with Crippen molar-refractivity contribution in [3.05, 3.63) is 29.8 Å². The quantitative estimate of drug-likeness (QED) is 0.825. The van der Waals surface area contributed by atoms with Gasteiger partial charge < -0.3 is 10.6 Å². The molecular formula is C15H20F3N3O3S. The third-order valence-electron chi connectivity index (χ3n) is 3.95. The van der Waals surface area contributed by atoms with Crippen molar-refractivity contribution in [3.8, 4) is 0 Å². The van der Waals surface area contributed by atoms with Crippen molar-refractivity contribution in [1.82, 2.24) is 9.62 Å². The molecule has 1 fully saturated rings. The molecule has 1 aromatic carbocycles. The van der Waals surface area contributed by atoms with Crippen LogP contribution in [0.25, 0.3) is 0 Å². The van der Waals surface area contributed by atoms with Crippen molar-refractivity contribution in [3.63, 3.8) is 0 Å². The van der Waals surface area contributed by atoms with Crippen molar-refractivity contribution in [2.24, 2.45) is 5.73 Å². The number of alkyl halides is 3. The van der Waals surface area contributed by atoms with E-state index < -0.39 is 38.6 Å². The first-order chi connectivity index (χ1) is 11.5. The Hall–Kier alpha value is -1.65. The van der Waals surface area contributed by atoms with Gasteiger partial charge in [0, 0.05) is 19.1 Å². The average Bonchev–Trinajstić information content (AvgIpc) is 2.53. The molecule has 140 valence electrons. The molecule has 0 aromatic heterocycles. The van der Waals surface area contributed by atoms with Gasteiger partial charge in [0.15, 0.2) is 0 Å². The van der Waals surface area contributed by atoms with Crippen molar-refractivity contribution in [2.75, 3.05) is 13.1 Å². The molecular weight excluding hydrogens is 359 g/mol. The number of carbonyl (C=O) groups excluding carboxylic acids is 1. The molecule has 1 heterocycles. The van der Waals surface area contributed by atoms with E-state index in [1.807, 2.05) is 4.72 Å². The van der Waals surface area contributed by atoms with Crippen LogP contribution in [0.2, 0.25) is 0 Å². The summed E-state index contributed by atoms with van der Waals surface area (Å²) in [7, 11) is -4.52. The minimum absolute atomic E-state index is 0.188. The number of carbonyl (C=O) groups is 1. The molecule has 1 amide bonds. The molecule has 0 saturated carbocycles. The molecule has 25 heavy (non-hydrogen) atoms. The Balaban J connectivity index is 2.20. The van der Waals surface area contributed by atoms with E-state index in [2.05, 4.69) is 0 Å². The normalized spacial score (nSPS) is 20.4. The number of nitrogens with one attached hydrogen (secondary N) is 1. The monoisotopic (exact) mass is 379 g/mol. The number of rotatable bonds is 4. The molecule has 1 saturated heterocycles. The number of likely N-dealkylation sites (tertiary alicyclic amines) is 1. The van der Waals surface area contributed by atoms with Gasteiger partial charge in [-0.05, 0) is 31.9 Å². The summed E-state index contributed by atoms with van der Waals surface area (Å²) < 4.78 is 65.8. The Morgan fingerprint density at radius 1 is 1.36 bits per heavy atom. The van der Waals surface area contributed by atoms with Gasteiger partial charge in [-0.1, -0.05) is 12.1 Å². The van der Waals surface area contributed by atoms with Crippen LogP contribution in [0.5, 0.6) is 0 Å². The minimum atomic E-state index is -4.82. The number of hydrogen-bond acceptors (Lipinski definition) is 4. The van der Waals surface area contributed by atoms with E-state index in [1.165, 1.54) is 17.9 Å². The highest BCUT2D eigenvalue weighted by Gasteiger charge is 2.38. The summed E-state index contributed by atoms with van der Waals surface area (Å²) in [5.74, 6) is -0.511. The van der Waals surface area contributed by atoms with Crippen LogP contribution < -0.4 is 10.5 Å². The highest BCUT2D eigenvalue weighted by atomic mass is 32.2. The van der Waals surface area contributed by atoms with E-state index in [9.17, 15) is 26.4 Å². The van der Waals surface area contributed by atoms with E-state index in [0.717, 1.165) is 18.6 Å². The molecule has 0 bridgehead atoms. The van der Waals surface area contributed by atoms with Crippen molar-refractivity contribution in [1.29, 1.82) is 0 Å². The predicted molar refractivity (Wildman–Crippen MR) is 85.0 cm³/mol. The second-order valence-electron chi connectivity index (χ2n) is 6.02. The van der Waals surface area contributed by atoms with E-state index >= 15 is 0 Å². The molecule has 0 radical (unpaired) electrons. The fourth-order valence-electron chi connectivity index (χ4n) is 2.77. The van der Waals surface area contributed by atoms with E-state index in [1.54, 1.807) is 0 Å². The number of piperidine rings is 1. The number of nitrogens with two attached hydrogens (primary N) is 1. The van der Waals surface area contributed by atoms with Crippen LogP contribution in [0, 0.1) is 0 Å². The zero-order valence-electron chi connectivity index (χ0n) is 13.6.